The summed E-state index contributed by atoms with van der Waals surface area (Å²) in [5, 5.41) is 53.8. The molecule has 1 saturated carbocycles. The molecule has 0 radical (unpaired) electrons. The first-order valence-corrected chi connectivity index (χ1v) is 3.55. The molecule has 13 heavy (non-hydrogen) atoms. The van der Waals surface area contributed by atoms with Crippen LogP contribution in [0.5, 0.6) is 0 Å². The number of aliphatic hydroxyl groups is 6. The molecule has 0 unspecified atom stereocenters. The van der Waals surface area contributed by atoms with E-state index < -0.39 is 36.6 Å². The van der Waals surface area contributed by atoms with Gasteiger partial charge >= 0.3 is 0 Å². The van der Waals surface area contributed by atoms with Gasteiger partial charge in [0.25, 0.3) is 0 Å². The summed E-state index contributed by atoms with van der Waals surface area (Å²) in [7, 11) is 0. The minimum absolute atomic E-state index is 0. The van der Waals surface area contributed by atoms with Gasteiger partial charge in [-0.3, -0.25) is 0 Å². The summed E-state index contributed by atoms with van der Waals surface area (Å²) in [5.74, 6) is 0. The van der Waals surface area contributed by atoms with E-state index >= 15 is 0 Å². The molecule has 0 heterocycles. The predicted molar refractivity (Wildman–Crippen MR) is 43.3 cm³/mol. The standard InChI is InChI=1S/C6H12O6.ClH/c7-1-2(8)4(10)6(12)5(11)3(1)9;/h1-12H;1H/t1-,2-,3-,4+,5-,6-;. The molecule has 7 heteroatoms. The van der Waals surface area contributed by atoms with Crippen molar-refractivity contribution in [1.82, 2.24) is 0 Å². The molecule has 1 fully saturated rings. The van der Waals surface area contributed by atoms with E-state index in [0.29, 0.717) is 0 Å². The molecule has 0 aromatic rings. The molecule has 0 bridgehead atoms. The Balaban J connectivity index is 0.00000144. The maximum absolute atomic E-state index is 8.97. The molecule has 1 rings (SSSR count). The van der Waals surface area contributed by atoms with Gasteiger partial charge in [0.15, 0.2) is 0 Å². The van der Waals surface area contributed by atoms with E-state index in [1.54, 1.807) is 0 Å². The van der Waals surface area contributed by atoms with E-state index in [9.17, 15) is 0 Å². The Morgan fingerprint density at radius 3 is 0.538 bits per heavy atom. The Labute approximate surface area is 80.5 Å². The summed E-state index contributed by atoms with van der Waals surface area (Å²) in [6.07, 6.45) is -9.84. The number of rotatable bonds is 0. The highest BCUT2D eigenvalue weighted by molar-refractivity contribution is 5.85. The van der Waals surface area contributed by atoms with Gasteiger partial charge in [-0.05, 0) is 0 Å². The van der Waals surface area contributed by atoms with Gasteiger partial charge < -0.3 is 30.6 Å². The van der Waals surface area contributed by atoms with Gasteiger partial charge in [-0.2, -0.15) is 0 Å². The van der Waals surface area contributed by atoms with Gasteiger partial charge in [-0.1, -0.05) is 0 Å². The average molecular weight is 217 g/mol. The van der Waals surface area contributed by atoms with Gasteiger partial charge in [0.2, 0.25) is 0 Å². The minimum atomic E-state index is -1.64. The van der Waals surface area contributed by atoms with Crippen LogP contribution in [0.25, 0.3) is 0 Å². The third kappa shape index (κ3) is 2.10. The van der Waals surface area contributed by atoms with Crippen molar-refractivity contribution in [1.29, 1.82) is 0 Å². The van der Waals surface area contributed by atoms with Crippen molar-refractivity contribution >= 4 is 12.4 Å². The van der Waals surface area contributed by atoms with Crippen LogP contribution >= 0.6 is 12.4 Å². The lowest BCUT2D eigenvalue weighted by Crippen LogP contribution is -2.63. The van der Waals surface area contributed by atoms with Crippen LogP contribution in [0.15, 0.2) is 0 Å². The molecule has 0 aliphatic heterocycles. The van der Waals surface area contributed by atoms with E-state index in [1.807, 2.05) is 0 Å². The summed E-state index contributed by atoms with van der Waals surface area (Å²) >= 11 is 0. The fourth-order valence-electron chi connectivity index (χ4n) is 1.21. The summed E-state index contributed by atoms with van der Waals surface area (Å²) in [5.41, 5.74) is 0. The smallest absolute Gasteiger partial charge is 0.111 e. The van der Waals surface area contributed by atoms with Crippen LogP contribution in [0.2, 0.25) is 0 Å². The molecular weight excluding hydrogens is 204 g/mol. The minimum Gasteiger partial charge on any atom is -0.387 e. The van der Waals surface area contributed by atoms with Crippen molar-refractivity contribution in [3.8, 4) is 0 Å². The van der Waals surface area contributed by atoms with Gasteiger partial charge in [-0.25, -0.2) is 0 Å². The lowest BCUT2D eigenvalue weighted by molar-refractivity contribution is -0.223. The highest BCUT2D eigenvalue weighted by Gasteiger charge is 2.47. The number of hydrogen-bond acceptors (Lipinski definition) is 6. The van der Waals surface area contributed by atoms with E-state index in [-0.39, 0.29) is 12.4 Å². The van der Waals surface area contributed by atoms with E-state index in [2.05, 4.69) is 0 Å². The SMILES string of the molecule is Cl.O[C@H]1[C@H](O)[C@@H](O)[C@H](O)[C@@H](O)[C@H]1O. The van der Waals surface area contributed by atoms with Crippen molar-refractivity contribution < 1.29 is 30.6 Å². The molecule has 0 saturated heterocycles. The largest absolute Gasteiger partial charge is 0.387 e. The Kier molecular flexibility index (Phi) is 4.53. The lowest BCUT2D eigenvalue weighted by Gasteiger charge is -2.39. The van der Waals surface area contributed by atoms with Gasteiger partial charge in [-0.15, -0.1) is 12.4 Å². The molecule has 0 spiro atoms. The van der Waals surface area contributed by atoms with Crippen molar-refractivity contribution in [2.24, 2.45) is 0 Å². The van der Waals surface area contributed by atoms with E-state index in [4.69, 9.17) is 30.6 Å². The molecule has 1 aliphatic carbocycles. The molecule has 1 aliphatic rings. The lowest BCUT2D eigenvalue weighted by atomic mass is 9.85. The molecule has 6 N–H and O–H groups in total. The zero-order chi connectivity index (χ0) is 9.46. The Morgan fingerprint density at radius 1 is 0.385 bits per heavy atom. The maximum atomic E-state index is 8.97. The molecule has 0 aromatic heterocycles. The van der Waals surface area contributed by atoms with Crippen LogP contribution in [-0.2, 0) is 0 Å². The Hall–Kier alpha value is 0.0500. The third-order valence-electron chi connectivity index (χ3n) is 2.10. The van der Waals surface area contributed by atoms with Crippen LogP contribution in [0.3, 0.4) is 0 Å². The van der Waals surface area contributed by atoms with Crippen LogP contribution in [0.4, 0.5) is 0 Å². The maximum Gasteiger partial charge on any atom is 0.111 e. The van der Waals surface area contributed by atoms with E-state index in [0.717, 1.165) is 0 Å². The second kappa shape index (κ2) is 4.52. The second-order valence-electron chi connectivity index (χ2n) is 2.94. The first-order chi connectivity index (χ1) is 5.46. The highest BCUT2D eigenvalue weighted by Crippen LogP contribution is 2.20. The molecule has 0 atom stereocenters. The van der Waals surface area contributed by atoms with Crippen molar-refractivity contribution in [2.75, 3.05) is 0 Å². The van der Waals surface area contributed by atoms with Gasteiger partial charge in [0.05, 0.1) is 0 Å². The first kappa shape index (κ1) is 13.1. The molecular formula is C6H13ClO6. The van der Waals surface area contributed by atoms with Crippen LogP contribution in [-0.4, -0.2) is 67.3 Å². The monoisotopic (exact) mass is 216 g/mol. The highest BCUT2D eigenvalue weighted by atomic mass is 35.5. The van der Waals surface area contributed by atoms with Gasteiger partial charge in [0.1, 0.15) is 36.6 Å². The predicted octanol–water partition coefficient (Wildman–Crippen LogP) is -3.41. The van der Waals surface area contributed by atoms with Crippen molar-refractivity contribution in [2.45, 2.75) is 36.6 Å². The Bertz CT molecular complexity index is 109. The summed E-state index contributed by atoms with van der Waals surface area (Å²) in [6.45, 7) is 0. The van der Waals surface area contributed by atoms with Crippen molar-refractivity contribution in [3.63, 3.8) is 0 Å². The molecule has 0 aromatic carbocycles. The third-order valence-corrected chi connectivity index (χ3v) is 2.10. The normalized spacial score (nSPS) is 51.2. The average Bonchev–Trinajstić information content (AvgIpc) is 2.08. The fourth-order valence-corrected chi connectivity index (χ4v) is 1.21. The zero-order valence-corrected chi connectivity index (χ0v) is 7.37. The molecule has 0 amide bonds. The summed E-state index contributed by atoms with van der Waals surface area (Å²) in [4.78, 5) is 0. The second-order valence-corrected chi connectivity index (χ2v) is 2.94. The van der Waals surface area contributed by atoms with Gasteiger partial charge in [0, 0.05) is 0 Å². The van der Waals surface area contributed by atoms with Crippen LogP contribution < -0.4 is 0 Å². The van der Waals surface area contributed by atoms with Crippen LogP contribution in [0, 0.1) is 0 Å². The Morgan fingerprint density at radius 2 is 0.462 bits per heavy atom. The quantitative estimate of drug-likeness (QED) is 0.251. The van der Waals surface area contributed by atoms with E-state index in [1.165, 1.54) is 0 Å². The number of halogens is 1. The topological polar surface area (TPSA) is 121 Å². The fraction of sp³-hybridized carbons (Fsp3) is 1.00. The number of hydrogen-bond donors (Lipinski definition) is 6. The number of aliphatic hydroxyl groups excluding tert-OH is 6. The van der Waals surface area contributed by atoms with Crippen LogP contribution in [0.1, 0.15) is 0 Å². The van der Waals surface area contributed by atoms with Crippen molar-refractivity contribution in [3.05, 3.63) is 0 Å². The summed E-state index contributed by atoms with van der Waals surface area (Å²) < 4.78 is 0. The first-order valence-electron chi connectivity index (χ1n) is 3.55. The molecule has 80 valence electrons. The zero-order valence-electron chi connectivity index (χ0n) is 6.56. The summed E-state index contributed by atoms with van der Waals surface area (Å²) in [6, 6.07) is 0. The molecule has 6 nitrogen and oxygen atoms in total.